The van der Waals surface area contributed by atoms with E-state index in [1.807, 2.05) is 0 Å². The SMILES string of the molecule is CC(C)(C)c1cc(CN2CCCC(CS(C)(=O)=O)C2)[nH]n1. The number of hydrogen-bond acceptors (Lipinski definition) is 4. The molecular formula is C15H27N3O2S. The first-order chi connectivity index (χ1) is 9.63. The number of aromatic nitrogens is 2. The van der Waals surface area contributed by atoms with E-state index in [2.05, 4.69) is 41.9 Å². The summed E-state index contributed by atoms with van der Waals surface area (Å²) in [6.07, 6.45) is 3.41. The predicted molar refractivity (Wildman–Crippen MR) is 85.0 cm³/mol. The van der Waals surface area contributed by atoms with Gasteiger partial charge in [-0.15, -0.1) is 0 Å². The van der Waals surface area contributed by atoms with Crippen LogP contribution in [0.2, 0.25) is 0 Å². The van der Waals surface area contributed by atoms with Gasteiger partial charge in [-0.1, -0.05) is 20.8 Å². The molecule has 1 fully saturated rings. The van der Waals surface area contributed by atoms with Crippen molar-refractivity contribution >= 4 is 9.84 Å². The third-order valence-corrected chi connectivity index (χ3v) is 5.01. The van der Waals surface area contributed by atoms with Gasteiger partial charge in [-0.3, -0.25) is 10.00 Å². The second-order valence-corrected chi connectivity index (χ2v) is 9.55. The number of sulfone groups is 1. The first-order valence-corrected chi connectivity index (χ1v) is 9.64. The Hall–Kier alpha value is -0.880. The summed E-state index contributed by atoms with van der Waals surface area (Å²) < 4.78 is 22.9. The molecule has 1 aliphatic rings. The van der Waals surface area contributed by atoms with Crippen molar-refractivity contribution in [3.05, 3.63) is 17.5 Å². The molecule has 2 heterocycles. The van der Waals surface area contributed by atoms with Crippen LogP contribution in [0.5, 0.6) is 0 Å². The zero-order chi connectivity index (χ0) is 15.7. The third-order valence-electron chi connectivity index (χ3n) is 3.93. The average molecular weight is 313 g/mol. The molecule has 1 aliphatic heterocycles. The molecule has 21 heavy (non-hydrogen) atoms. The van der Waals surface area contributed by atoms with Crippen LogP contribution in [0.15, 0.2) is 6.07 Å². The summed E-state index contributed by atoms with van der Waals surface area (Å²) in [7, 11) is -2.88. The van der Waals surface area contributed by atoms with Crippen molar-refractivity contribution in [2.24, 2.45) is 5.92 Å². The number of nitrogens with zero attached hydrogens (tertiary/aromatic N) is 2. The van der Waals surface area contributed by atoms with Gasteiger partial charge in [-0.25, -0.2) is 8.42 Å². The molecule has 1 N–H and O–H groups in total. The van der Waals surface area contributed by atoms with E-state index in [0.29, 0.717) is 5.75 Å². The lowest BCUT2D eigenvalue weighted by Gasteiger charge is -2.31. The van der Waals surface area contributed by atoms with Crippen molar-refractivity contribution in [3.63, 3.8) is 0 Å². The molecule has 6 heteroatoms. The second kappa shape index (κ2) is 6.08. The van der Waals surface area contributed by atoms with E-state index in [1.54, 1.807) is 0 Å². The maximum atomic E-state index is 11.4. The van der Waals surface area contributed by atoms with E-state index in [4.69, 9.17) is 0 Å². The summed E-state index contributed by atoms with van der Waals surface area (Å²) in [5, 5.41) is 7.50. The number of hydrogen-bond donors (Lipinski definition) is 1. The minimum atomic E-state index is -2.88. The van der Waals surface area contributed by atoms with E-state index in [-0.39, 0.29) is 11.3 Å². The average Bonchev–Trinajstić information content (AvgIpc) is 2.75. The number of H-pyrrole nitrogens is 1. The Balaban J connectivity index is 1.95. The van der Waals surface area contributed by atoms with Gasteiger partial charge in [0, 0.05) is 30.5 Å². The van der Waals surface area contributed by atoms with Gasteiger partial charge in [-0.2, -0.15) is 5.10 Å². The maximum Gasteiger partial charge on any atom is 0.147 e. The Bertz CT molecular complexity index is 572. The summed E-state index contributed by atoms with van der Waals surface area (Å²) >= 11 is 0. The lowest BCUT2D eigenvalue weighted by atomic mass is 9.92. The van der Waals surface area contributed by atoms with Crippen molar-refractivity contribution in [2.75, 3.05) is 25.1 Å². The van der Waals surface area contributed by atoms with Crippen LogP contribution in [0.1, 0.15) is 45.0 Å². The lowest BCUT2D eigenvalue weighted by Crippen LogP contribution is -2.37. The second-order valence-electron chi connectivity index (χ2n) is 7.36. The number of nitrogens with one attached hydrogen (secondary N) is 1. The van der Waals surface area contributed by atoms with Crippen LogP contribution < -0.4 is 0 Å². The van der Waals surface area contributed by atoms with Crippen LogP contribution in [0.25, 0.3) is 0 Å². The molecule has 120 valence electrons. The first kappa shape index (κ1) is 16.5. The topological polar surface area (TPSA) is 66.1 Å². The Morgan fingerprint density at radius 3 is 2.71 bits per heavy atom. The molecule has 0 aromatic carbocycles. The van der Waals surface area contributed by atoms with Gasteiger partial charge >= 0.3 is 0 Å². The molecule has 1 aromatic heterocycles. The Labute approximate surface area is 128 Å². The van der Waals surface area contributed by atoms with E-state index >= 15 is 0 Å². The molecule has 1 unspecified atom stereocenters. The van der Waals surface area contributed by atoms with Gasteiger partial charge in [0.25, 0.3) is 0 Å². The standard InChI is InChI=1S/C15H27N3O2S/c1-15(2,3)14-8-13(16-17-14)10-18-7-5-6-12(9-18)11-21(4,19)20/h8,12H,5-7,9-11H2,1-4H3,(H,16,17). The summed E-state index contributed by atoms with van der Waals surface area (Å²) in [5.74, 6) is 0.568. The fraction of sp³-hybridized carbons (Fsp3) is 0.800. The van der Waals surface area contributed by atoms with Crippen LogP contribution in [0.3, 0.4) is 0 Å². The summed E-state index contributed by atoms with van der Waals surface area (Å²) in [4.78, 5) is 2.33. The fourth-order valence-corrected chi connectivity index (χ4v) is 4.06. The van der Waals surface area contributed by atoms with Crippen molar-refractivity contribution in [1.82, 2.24) is 15.1 Å². The molecule has 0 spiro atoms. The highest BCUT2D eigenvalue weighted by Gasteiger charge is 2.24. The molecule has 5 nitrogen and oxygen atoms in total. The molecule has 1 atom stereocenters. The highest BCUT2D eigenvalue weighted by molar-refractivity contribution is 7.90. The monoisotopic (exact) mass is 313 g/mol. The molecular weight excluding hydrogens is 286 g/mol. The summed E-state index contributed by atoms with van der Waals surface area (Å²) in [5.41, 5.74) is 2.23. The van der Waals surface area contributed by atoms with Gasteiger partial charge < -0.3 is 0 Å². The van der Waals surface area contributed by atoms with Gasteiger partial charge in [0.2, 0.25) is 0 Å². The minimum absolute atomic E-state index is 0.0511. The Morgan fingerprint density at radius 2 is 2.14 bits per heavy atom. The van der Waals surface area contributed by atoms with E-state index in [9.17, 15) is 8.42 Å². The van der Waals surface area contributed by atoms with Gasteiger partial charge in [0.15, 0.2) is 0 Å². The van der Waals surface area contributed by atoms with E-state index in [1.165, 1.54) is 6.26 Å². The van der Waals surface area contributed by atoms with E-state index < -0.39 is 9.84 Å². The Morgan fingerprint density at radius 1 is 1.43 bits per heavy atom. The zero-order valence-corrected chi connectivity index (χ0v) is 14.3. The summed E-state index contributed by atoms with van der Waals surface area (Å²) in [6, 6.07) is 2.13. The Kier molecular flexibility index (Phi) is 4.78. The minimum Gasteiger partial charge on any atom is -0.297 e. The van der Waals surface area contributed by atoms with Crippen LogP contribution in [-0.4, -0.2) is 48.6 Å². The molecule has 0 amide bonds. The molecule has 0 bridgehead atoms. The molecule has 0 aliphatic carbocycles. The van der Waals surface area contributed by atoms with Gasteiger partial charge in [-0.05, 0) is 31.4 Å². The number of aromatic amines is 1. The maximum absolute atomic E-state index is 11.4. The highest BCUT2D eigenvalue weighted by Crippen LogP contribution is 2.23. The molecule has 0 radical (unpaired) electrons. The number of piperidine rings is 1. The number of rotatable bonds is 4. The van der Waals surface area contributed by atoms with Crippen LogP contribution in [-0.2, 0) is 21.8 Å². The van der Waals surface area contributed by atoms with Crippen molar-refractivity contribution < 1.29 is 8.42 Å². The molecule has 0 saturated carbocycles. The molecule has 1 aromatic rings. The normalized spacial score (nSPS) is 21.6. The highest BCUT2D eigenvalue weighted by atomic mass is 32.2. The van der Waals surface area contributed by atoms with Crippen molar-refractivity contribution in [2.45, 2.75) is 45.6 Å². The van der Waals surface area contributed by atoms with Crippen LogP contribution in [0.4, 0.5) is 0 Å². The third kappa shape index (κ3) is 5.11. The van der Waals surface area contributed by atoms with Gasteiger partial charge in [0.1, 0.15) is 9.84 Å². The summed E-state index contributed by atoms with van der Waals surface area (Å²) in [6.45, 7) is 9.16. The van der Waals surface area contributed by atoms with Crippen LogP contribution >= 0.6 is 0 Å². The van der Waals surface area contributed by atoms with Crippen LogP contribution in [0, 0.1) is 5.92 Å². The van der Waals surface area contributed by atoms with Gasteiger partial charge in [0.05, 0.1) is 11.4 Å². The van der Waals surface area contributed by atoms with Crippen molar-refractivity contribution in [1.29, 1.82) is 0 Å². The molecule has 2 rings (SSSR count). The fourth-order valence-electron chi connectivity index (χ4n) is 2.93. The number of likely N-dealkylation sites (tertiary alicyclic amines) is 1. The quantitative estimate of drug-likeness (QED) is 0.923. The zero-order valence-electron chi connectivity index (χ0n) is 13.5. The largest absolute Gasteiger partial charge is 0.297 e. The van der Waals surface area contributed by atoms with Crippen molar-refractivity contribution in [3.8, 4) is 0 Å². The first-order valence-electron chi connectivity index (χ1n) is 7.58. The lowest BCUT2D eigenvalue weighted by molar-refractivity contribution is 0.176. The predicted octanol–water partition coefficient (Wildman–Crippen LogP) is 1.96. The van der Waals surface area contributed by atoms with E-state index in [0.717, 1.165) is 43.9 Å². The molecule has 1 saturated heterocycles. The smallest absolute Gasteiger partial charge is 0.147 e.